The fraction of sp³-hybridized carbons (Fsp3) is 0.185. The standard InChI is InChI=1S/C27H26N2O4/c1-16-6-9-19(10-7-16)24-25(28-20-11-8-17(2)18(3)14-20)27(31)29(26(24)30)22-13-12-21(32-4)15-23(22)33-5/h6-15,28H,1-5H3. The van der Waals surface area contributed by atoms with E-state index in [2.05, 4.69) is 5.32 Å². The molecule has 0 saturated carbocycles. The number of rotatable bonds is 6. The Bertz CT molecular complexity index is 1280. The van der Waals surface area contributed by atoms with E-state index in [0.29, 0.717) is 28.3 Å². The van der Waals surface area contributed by atoms with Crippen LogP contribution >= 0.6 is 0 Å². The van der Waals surface area contributed by atoms with Crippen LogP contribution in [0.4, 0.5) is 11.4 Å². The second-order valence-corrected chi connectivity index (χ2v) is 8.02. The van der Waals surface area contributed by atoms with Crippen molar-refractivity contribution in [3.8, 4) is 11.5 Å². The fourth-order valence-corrected chi connectivity index (χ4v) is 3.79. The lowest BCUT2D eigenvalue weighted by Crippen LogP contribution is -2.32. The quantitative estimate of drug-likeness (QED) is 0.543. The summed E-state index contributed by atoms with van der Waals surface area (Å²) >= 11 is 0. The molecule has 168 valence electrons. The minimum absolute atomic E-state index is 0.227. The first-order valence-corrected chi connectivity index (χ1v) is 10.6. The van der Waals surface area contributed by atoms with Crippen LogP contribution in [0.3, 0.4) is 0 Å². The number of carbonyl (C=O) groups excluding carboxylic acids is 2. The van der Waals surface area contributed by atoms with E-state index in [1.165, 1.54) is 7.11 Å². The number of aryl methyl sites for hydroxylation is 3. The molecule has 0 fully saturated rings. The Morgan fingerprint density at radius 1 is 0.758 bits per heavy atom. The van der Waals surface area contributed by atoms with Gasteiger partial charge in [-0.2, -0.15) is 0 Å². The van der Waals surface area contributed by atoms with Crippen molar-refractivity contribution in [3.63, 3.8) is 0 Å². The summed E-state index contributed by atoms with van der Waals surface area (Å²) in [5.74, 6) is 0.0672. The van der Waals surface area contributed by atoms with Crippen molar-refractivity contribution in [3.05, 3.63) is 88.6 Å². The number of hydrogen-bond donors (Lipinski definition) is 1. The monoisotopic (exact) mass is 442 g/mol. The number of hydrogen-bond acceptors (Lipinski definition) is 5. The molecule has 33 heavy (non-hydrogen) atoms. The molecule has 0 unspecified atom stereocenters. The predicted molar refractivity (Wildman–Crippen MR) is 130 cm³/mol. The molecule has 0 aromatic heterocycles. The van der Waals surface area contributed by atoms with Crippen LogP contribution in [-0.4, -0.2) is 26.0 Å². The van der Waals surface area contributed by atoms with Gasteiger partial charge >= 0.3 is 0 Å². The summed E-state index contributed by atoms with van der Waals surface area (Å²) in [5.41, 5.74) is 5.60. The average Bonchev–Trinajstić information content (AvgIpc) is 3.05. The third-order valence-electron chi connectivity index (χ3n) is 5.83. The van der Waals surface area contributed by atoms with E-state index in [9.17, 15) is 9.59 Å². The van der Waals surface area contributed by atoms with Gasteiger partial charge in [-0.15, -0.1) is 0 Å². The van der Waals surface area contributed by atoms with Crippen molar-refractivity contribution in [2.24, 2.45) is 0 Å². The van der Waals surface area contributed by atoms with E-state index < -0.39 is 11.8 Å². The highest BCUT2D eigenvalue weighted by Gasteiger charge is 2.41. The number of methoxy groups -OCH3 is 2. The van der Waals surface area contributed by atoms with Gasteiger partial charge in [0.05, 0.1) is 25.5 Å². The maximum absolute atomic E-state index is 13.7. The van der Waals surface area contributed by atoms with Crippen LogP contribution in [-0.2, 0) is 9.59 Å². The van der Waals surface area contributed by atoms with Gasteiger partial charge in [-0.05, 0) is 61.7 Å². The van der Waals surface area contributed by atoms with Gasteiger partial charge in [0.2, 0.25) is 0 Å². The molecule has 3 aromatic carbocycles. The molecule has 6 nitrogen and oxygen atoms in total. The van der Waals surface area contributed by atoms with E-state index in [1.54, 1.807) is 25.3 Å². The van der Waals surface area contributed by atoms with Crippen LogP contribution in [0, 0.1) is 20.8 Å². The Labute approximate surface area is 193 Å². The third kappa shape index (κ3) is 4.07. The first kappa shape index (κ1) is 22.1. The van der Waals surface area contributed by atoms with Crippen molar-refractivity contribution in [2.45, 2.75) is 20.8 Å². The second-order valence-electron chi connectivity index (χ2n) is 8.02. The molecule has 4 rings (SSSR count). The lowest BCUT2D eigenvalue weighted by molar-refractivity contribution is -0.120. The highest BCUT2D eigenvalue weighted by atomic mass is 16.5. The van der Waals surface area contributed by atoms with Crippen LogP contribution in [0.2, 0.25) is 0 Å². The fourth-order valence-electron chi connectivity index (χ4n) is 3.79. The smallest absolute Gasteiger partial charge is 0.282 e. The SMILES string of the molecule is COc1ccc(N2C(=O)C(Nc3ccc(C)c(C)c3)=C(c3ccc(C)cc3)C2=O)c(OC)c1. The molecule has 1 N–H and O–H groups in total. The molecule has 6 heteroatoms. The molecule has 1 aliphatic heterocycles. The van der Waals surface area contributed by atoms with Crippen LogP contribution < -0.4 is 19.7 Å². The largest absolute Gasteiger partial charge is 0.497 e. The Morgan fingerprint density at radius 2 is 1.48 bits per heavy atom. The van der Waals surface area contributed by atoms with E-state index >= 15 is 0 Å². The Kier molecular flexibility index (Phi) is 5.92. The van der Waals surface area contributed by atoms with Crippen LogP contribution in [0.5, 0.6) is 11.5 Å². The van der Waals surface area contributed by atoms with Gasteiger partial charge < -0.3 is 14.8 Å². The minimum Gasteiger partial charge on any atom is -0.497 e. The number of amides is 2. The molecule has 0 bridgehead atoms. The zero-order valence-electron chi connectivity index (χ0n) is 19.4. The topological polar surface area (TPSA) is 67.9 Å². The summed E-state index contributed by atoms with van der Waals surface area (Å²) in [5, 5.41) is 3.21. The predicted octanol–water partition coefficient (Wildman–Crippen LogP) is 5.03. The van der Waals surface area contributed by atoms with Crippen LogP contribution in [0.25, 0.3) is 5.57 Å². The lowest BCUT2D eigenvalue weighted by Gasteiger charge is -2.19. The van der Waals surface area contributed by atoms with Crippen molar-refractivity contribution < 1.29 is 19.1 Å². The van der Waals surface area contributed by atoms with Gasteiger partial charge in [0.15, 0.2) is 0 Å². The maximum Gasteiger partial charge on any atom is 0.282 e. The number of carbonyl (C=O) groups is 2. The van der Waals surface area contributed by atoms with E-state index in [1.807, 2.05) is 63.2 Å². The van der Waals surface area contributed by atoms with E-state index in [0.717, 1.165) is 27.3 Å². The van der Waals surface area contributed by atoms with Gasteiger partial charge in [0, 0.05) is 11.8 Å². The van der Waals surface area contributed by atoms with Crippen molar-refractivity contribution in [2.75, 3.05) is 24.4 Å². The molecule has 0 atom stereocenters. The molecule has 0 spiro atoms. The summed E-state index contributed by atoms with van der Waals surface area (Å²) in [6.45, 7) is 6.01. The Hall–Kier alpha value is -4.06. The number of benzene rings is 3. The lowest BCUT2D eigenvalue weighted by atomic mass is 10.0. The molecular weight excluding hydrogens is 416 g/mol. The summed E-state index contributed by atoms with van der Waals surface area (Å²) in [6.07, 6.45) is 0. The molecule has 0 aliphatic carbocycles. The molecule has 1 aliphatic rings. The van der Waals surface area contributed by atoms with E-state index in [4.69, 9.17) is 9.47 Å². The first-order chi connectivity index (χ1) is 15.8. The van der Waals surface area contributed by atoms with Crippen molar-refractivity contribution in [1.82, 2.24) is 0 Å². The number of nitrogens with one attached hydrogen (secondary N) is 1. The Morgan fingerprint density at radius 3 is 2.12 bits per heavy atom. The van der Waals surface area contributed by atoms with Gasteiger partial charge in [-0.3, -0.25) is 9.59 Å². The normalized spacial score (nSPS) is 13.5. The number of anilines is 2. The number of ether oxygens (including phenoxy) is 2. The van der Waals surface area contributed by atoms with Crippen molar-refractivity contribution >= 4 is 28.8 Å². The van der Waals surface area contributed by atoms with Crippen LogP contribution in [0.1, 0.15) is 22.3 Å². The Balaban J connectivity index is 1.84. The molecule has 2 amide bonds. The molecule has 1 heterocycles. The van der Waals surface area contributed by atoms with E-state index in [-0.39, 0.29) is 5.70 Å². The molecular formula is C27H26N2O4. The first-order valence-electron chi connectivity index (χ1n) is 10.6. The second kappa shape index (κ2) is 8.82. The summed E-state index contributed by atoms with van der Waals surface area (Å²) in [4.78, 5) is 28.5. The van der Waals surface area contributed by atoms with Gasteiger partial charge in [-0.25, -0.2) is 4.90 Å². The van der Waals surface area contributed by atoms with Gasteiger partial charge in [-0.1, -0.05) is 35.9 Å². The minimum atomic E-state index is -0.447. The number of imide groups is 1. The summed E-state index contributed by atoms with van der Waals surface area (Å²) in [7, 11) is 3.04. The van der Waals surface area contributed by atoms with Crippen molar-refractivity contribution in [1.29, 1.82) is 0 Å². The van der Waals surface area contributed by atoms with Crippen LogP contribution in [0.15, 0.2) is 66.4 Å². The van der Waals surface area contributed by atoms with Gasteiger partial charge in [0.1, 0.15) is 17.2 Å². The molecule has 3 aromatic rings. The zero-order chi connectivity index (χ0) is 23.7. The highest BCUT2D eigenvalue weighted by Crippen LogP contribution is 2.39. The van der Waals surface area contributed by atoms with Gasteiger partial charge in [0.25, 0.3) is 11.8 Å². The number of nitrogens with zero attached hydrogens (tertiary/aromatic N) is 1. The summed E-state index contributed by atoms with van der Waals surface area (Å²) in [6, 6.07) is 18.4. The summed E-state index contributed by atoms with van der Waals surface area (Å²) < 4.78 is 10.7. The molecule has 0 radical (unpaired) electrons. The highest BCUT2D eigenvalue weighted by molar-refractivity contribution is 6.46. The average molecular weight is 443 g/mol. The zero-order valence-corrected chi connectivity index (χ0v) is 19.4. The third-order valence-corrected chi connectivity index (χ3v) is 5.83. The molecule has 0 saturated heterocycles. The maximum atomic E-state index is 13.7.